The van der Waals surface area contributed by atoms with Crippen molar-refractivity contribution in [1.29, 1.82) is 0 Å². The fourth-order valence-electron chi connectivity index (χ4n) is 1.76. The molecule has 0 spiro atoms. The van der Waals surface area contributed by atoms with Gasteiger partial charge in [-0.05, 0) is 6.92 Å². The lowest BCUT2D eigenvalue weighted by atomic mass is 10.2. The molecule has 0 bridgehead atoms. The molecule has 15 heavy (non-hydrogen) atoms. The molecule has 1 amide bonds. The van der Waals surface area contributed by atoms with Gasteiger partial charge in [-0.15, -0.1) is 0 Å². The van der Waals surface area contributed by atoms with Gasteiger partial charge in [0, 0.05) is 13.5 Å². The number of methoxy groups -OCH3 is 1. The van der Waals surface area contributed by atoms with Crippen LogP contribution in [0, 0.1) is 0 Å². The van der Waals surface area contributed by atoms with E-state index in [0.717, 1.165) is 4.90 Å². The lowest BCUT2D eigenvalue weighted by Crippen LogP contribution is -2.46. The maximum Gasteiger partial charge on any atom is 0.267 e. The van der Waals surface area contributed by atoms with Crippen molar-refractivity contribution in [3.63, 3.8) is 0 Å². The first-order chi connectivity index (χ1) is 6.87. The van der Waals surface area contributed by atoms with Crippen LogP contribution < -0.4 is 5.73 Å². The molecule has 4 nitrogen and oxygen atoms in total. The highest BCUT2D eigenvalue weighted by molar-refractivity contribution is 5.81. The summed E-state index contributed by atoms with van der Waals surface area (Å²) < 4.78 is 31.0. The maximum atomic E-state index is 13.1. The Bertz CT molecular complexity index is 246. The highest BCUT2D eigenvalue weighted by Gasteiger charge is 2.47. The zero-order valence-electron chi connectivity index (χ0n) is 8.87. The molecular formula is C9H16F2N2O2. The Labute approximate surface area is 87.4 Å². The number of hydrogen-bond donors (Lipinski definition) is 1. The number of ether oxygens (including phenoxy) is 1. The average molecular weight is 222 g/mol. The fourth-order valence-corrected chi connectivity index (χ4v) is 1.76. The Morgan fingerprint density at radius 2 is 2.33 bits per heavy atom. The van der Waals surface area contributed by atoms with Crippen molar-refractivity contribution in [3.05, 3.63) is 0 Å². The van der Waals surface area contributed by atoms with Crippen LogP contribution in [0.4, 0.5) is 8.78 Å². The number of alkyl halides is 2. The number of amides is 1. The molecule has 1 aliphatic heterocycles. The highest BCUT2D eigenvalue weighted by atomic mass is 19.3. The second-order valence-corrected chi connectivity index (χ2v) is 3.92. The zero-order chi connectivity index (χ0) is 11.6. The lowest BCUT2D eigenvalue weighted by molar-refractivity contribution is -0.135. The van der Waals surface area contributed by atoms with Crippen LogP contribution in [-0.2, 0) is 9.53 Å². The fraction of sp³-hybridized carbons (Fsp3) is 0.889. The molecule has 0 aromatic rings. The Balaban J connectivity index is 2.72. The SMILES string of the molecule is COC[C@@H]1CC(F)(F)CN1C(=O)[C@H](C)N. The first-order valence-electron chi connectivity index (χ1n) is 4.80. The normalized spacial score (nSPS) is 26.7. The monoisotopic (exact) mass is 222 g/mol. The number of rotatable bonds is 3. The van der Waals surface area contributed by atoms with Crippen molar-refractivity contribution >= 4 is 5.91 Å². The summed E-state index contributed by atoms with van der Waals surface area (Å²) in [6, 6.07) is -1.32. The zero-order valence-corrected chi connectivity index (χ0v) is 8.87. The Hall–Kier alpha value is -0.750. The summed E-state index contributed by atoms with van der Waals surface area (Å²) in [6.45, 7) is 1.05. The van der Waals surface area contributed by atoms with Gasteiger partial charge in [0.1, 0.15) is 0 Å². The lowest BCUT2D eigenvalue weighted by Gasteiger charge is -2.24. The third-order valence-corrected chi connectivity index (χ3v) is 2.41. The minimum atomic E-state index is -2.83. The maximum absolute atomic E-state index is 13.1. The minimum Gasteiger partial charge on any atom is -0.383 e. The van der Waals surface area contributed by atoms with E-state index in [9.17, 15) is 13.6 Å². The Morgan fingerprint density at radius 3 is 2.80 bits per heavy atom. The van der Waals surface area contributed by atoms with Crippen molar-refractivity contribution in [2.75, 3.05) is 20.3 Å². The highest BCUT2D eigenvalue weighted by Crippen LogP contribution is 2.32. The van der Waals surface area contributed by atoms with Crippen molar-refractivity contribution in [2.45, 2.75) is 31.4 Å². The van der Waals surface area contributed by atoms with Crippen LogP contribution in [0.5, 0.6) is 0 Å². The molecule has 0 aromatic heterocycles. The third kappa shape index (κ3) is 2.85. The predicted molar refractivity (Wildman–Crippen MR) is 50.6 cm³/mol. The van der Waals surface area contributed by atoms with Crippen LogP contribution in [0.15, 0.2) is 0 Å². The minimum absolute atomic E-state index is 0.119. The standard InChI is InChI=1S/C9H16F2N2O2/c1-6(12)8(14)13-5-9(10,11)3-7(13)4-15-2/h6-7H,3-5,12H2,1-2H3/t6-,7-/m0/s1. The molecule has 88 valence electrons. The van der Waals surface area contributed by atoms with Crippen molar-refractivity contribution in [3.8, 4) is 0 Å². The number of halogens is 2. The van der Waals surface area contributed by atoms with Gasteiger partial charge in [0.15, 0.2) is 0 Å². The summed E-state index contributed by atoms with van der Waals surface area (Å²) >= 11 is 0. The van der Waals surface area contributed by atoms with Crippen LogP contribution in [0.2, 0.25) is 0 Å². The number of carbonyl (C=O) groups is 1. The van der Waals surface area contributed by atoms with E-state index in [2.05, 4.69) is 0 Å². The van der Waals surface area contributed by atoms with Gasteiger partial charge >= 0.3 is 0 Å². The van der Waals surface area contributed by atoms with E-state index in [4.69, 9.17) is 10.5 Å². The van der Waals surface area contributed by atoms with E-state index in [0.29, 0.717) is 0 Å². The molecule has 0 aromatic carbocycles. The van der Waals surface area contributed by atoms with Crippen molar-refractivity contribution in [2.24, 2.45) is 5.73 Å². The van der Waals surface area contributed by atoms with Gasteiger partial charge in [-0.1, -0.05) is 0 Å². The van der Waals surface area contributed by atoms with Gasteiger partial charge in [0.05, 0.1) is 25.2 Å². The van der Waals surface area contributed by atoms with E-state index >= 15 is 0 Å². The van der Waals surface area contributed by atoms with Crippen molar-refractivity contribution in [1.82, 2.24) is 4.90 Å². The molecule has 0 radical (unpaired) electrons. The predicted octanol–water partition coefficient (Wildman–Crippen LogP) is 0.216. The molecule has 6 heteroatoms. The van der Waals surface area contributed by atoms with Crippen LogP contribution >= 0.6 is 0 Å². The molecule has 0 unspecified atom stereocenters. The summed E-state index contributed by atoms with van der Waals surface area (Å²) in [5, 5.41) is 0. The van der Waals surface area contributed by atoms with Crippen molar-refractivity contribution < 1.29 is 18.3 Å². The summed E-state index contributed by atoms with van der Waals surface area (Å²) in [4.78, 5) is 12.6. The largest absolute Gasteiger partial charge is 0.383 e. The van der Waals surface area contributed by atoms with Gasteiger partial charge in [-0.25, -0.2) is 8.78 Å². The van der Waals surface area contributed by atoms with Gasteiger partial charge in [-0.3, -0.25) is 4.79 Å². The quantitative estimate of drug-likeness (QED) is 0.743. The van der Waals surface area contributed by atoms with Gasteiger partial charge in [0.25, 0.3) is 5.92 Å². The van der Waals surface area contributed by atoms with Crippen LogP contribution in [0.3, 0.4) is 0 Å². The molecule has 1 rings (SSSR count). The third-order valence-electron chi connectivity index (χ3n) is 2.41. The van der Waals surface area contributed by atoms with Gasteiger partial charge < -0.3 is 15.4 Å². The molecule has 1 fully saturated rings. The summed E-state index contributed by atoms with van der Waals surface area (Å²) in [6.07, 6.45) is -0.348. The molecule has 1 heterocycles. The first kappa shape index (κ1) is 12.3. The van der Waals surface area contributed by atoms with E-state index in [1.165, 1.54) is 14.0 Å². The molecule has 1 aliphatic rings. The molecule has 2 atom stereocenters. The first-order valence-corrected chi connectivity index (χ1v) is 4.80. The van der Waals surface area contributed by atoms with Crippen LogP contribution in [0.1, 0.15) is 13.3 Å². The van der Waals surface area contributed by atoms with E-state index < -0.39 is 30.5 Å². The molecule has 1 saturated heterocycles. The van der Waals surface area contributed by atoms with Gasteiger partial charge in [0.2, 0.25) is 5.91 Å². The topological polar surface area (TPSA) is 55.6 Å². The van der Waals surface area contributed by atoms with E-state index in [-0.39, 0.29) is 13.0 Å². The van der Waals surface area contributed by atoms with Gasteiger partial charge in [-0.2, -0.15) is 0 Å². The summed E-state index contributed by atoms with van der Waals surface area (Å²) in [5.74, 6) is -3.28. The van der Waals surface area contributed by atoms with E-state index in [1.54, 1.807) is 0 Å². The number of likely N-dealkylation sites (tertiary alicyclic amines) is 1. The number of nitrogens with two attached hydrogens (primary N) is 1. The smallest absolute Gasteiger partial charge is 0.267 e. The Morgan fingerprint density at radius 1 is 1.73 bits per heavy atom. The second kappa shape index (κ2) is 4.40. The van der Waals surface area contributed by atoms with Crippen LogP contribution in [-0.4, -0.2) is 49.1 Å². The van der Waals surface area contributed by atoms with Crippen LogP contribution in [0.25, 0.3) is 0 Å². The number of hydrogen-bond acceptors (Lipinski definition) is 3. The molecular weight excluding hydrogens is 206 g/mol. The molecule has 0 aliphatic carbocycles. The molecule has 0 saturated carbocycles. The Kier molecular flexibility index (Phi) is 3.62. The summed E-state index contributed by atoms with van der Waals surface area (Å²) in [7, 11) is 1.42. The summed E-state index contributed by atoms with van der Waals surface area (Å²) in [5.41, 5.74) is 5.39. The number of carbonyl (C=O) groups excluding carboxylic acids is 1. The van der Waals surface area contributed by atoms with E-state index in [1.807, 2.05) is 0 Å². The second-order valence-electron chi connectivity index (χ2n) is 3.92. The number of nitrogens with zero attached hydrogens (tertiary/aromatic N) is 1. The average Bonchev–Trinajstić information content (AvgIpc) is 2.40. The molecule has 2 N–H and O–H groups in total.